The first-order chi connectivity index (χ1) is 13.0. The van der Waals surface area contributed by atoms with Crippen molar-refractivity contribution in [2.24, 2.45) is 5.10 Å². The van der Waals surface area contributed by atoms with Crippen molar-refractivity contribution < 1.29 is 14.7 Å². The van der Waals surface area contributed by atoms with E-state index in [-0.39, 0.29) is 18.2 Å². The molecule has 3 aromatic carbocycles. The van der Waals surface area contributed by atoms with E-state index in [2.05, 4.69) is 15.8 Å². The number of aryl methyl sites for hydroxylation is 1. The minimum Gasteiger partial charge on any atom is -0.507 e. The van der Waals surface area contributed by atoms with Gasteiger partial charge >= 0.3 is 0 Å². The molecule has 0 saturated carbocycles. The quantitative estimate of drug-likeness (QED) is 0.482. The normalized spacial score (nSPS) is 10.9. The van der Waals surface area contributed by atoms with E-state index in [1.165, 1.54) is 6.21 Å². The van der Waals surface area contributed by atoms with Gasteiger partial charge in [-0.25, -0.2) is 5.43 Å². The molecule has 6 heteroatoms. The van der Waals surface area contributed by atoms with Gasteiger partial charge in [0.25, 0.3) is 11.8 Å². The van der Waals surface area contributed by atoms with Gasteiger partial charge in [0, 0.05) is 11.1 Å². The number of carbonyl (C=O) groups is 2. The molecule has 2 amide bonds. The van der Waals surface area contributed by atoms with Gasteiger partial charge in [0.15, 0.2) is 0 Å². The number of aromatic hydroxyl groups is 1. The van der Waals surface area contributed by atoms with Gasteiger partial charge in [-0.3, -0.25) is 9.59 Å². The summed E-state index contributed by atoms with van der Waals surface area (Å²) in [5, 5.41) is 18.2. The Morgan fingerprint density at radius 2 is 1.89 bits per heavy atom. The van der Waals surface area contributed by atoms with Gasteiger partial charge in [0.2, 0.25) is 0 Å². The third-order valence-electron chi connectivity index (χ3n) is 4.02. The van der Waals surface area contributed by atoms with Gasteiger partial charge in [0.05, 0.1) is 12.8 Å². The second kappa shape index (κ2) is 8.14. The lowest BCUT2D eigenvalue weighted by Crippen LogP contribution is -2.34. The highest BCUT2D eigenvalue weighted by Crippen LogP contribution is 2.25. The molecule has 136 valence electrons. The monoisotopic (exact) mass is 361 g/mol. The second-order valence-electron chi connectivity index (χ2n) is 6.06. The largest absolute Gasteiger partial charge is 0.507 e. The van der Waals surface area contributed by atoms with Crippen LogP contribution < -0.4 is 10.7 Å². The molecule has 0 fully saturated rings. The predicted octanol–water partition coefficient (Wildman–Crippen LogP) is 2.73. The fraction of sp³-hybridized carbons (Fsp3) is 0.0952. The molecule has 3 aromatic rings. The van der Waals surface area contributed by atoms with E-state index in [4.69, 9.17) is 0 Å². The molecule has 3 rings (SSSR count). The Bertz CT molecular complexity index is 1030. The zero-order valence-electron chi connectivity index (χ0n) is 14.8. The molecule has 0 heterocycles. The number of benzene rings is 3. The van der Waals surface area contributed by atoms with Crippen molar-refractivity contribution in [3.05, 3.63) is 77.4 Å². The molecular weight excluding hydrogens is 342 g/mol. The van der Waals surface area contributed by atoms with Gasteiger partial charge in [-0.2, -0.15) is 5.10 Å². The molecule has 6 nitrogen and oxygen atoms in total. The van der Waals surface area contributed by atoms with Gasteiger partial charge < -0.3 is 10.4 Å². The fourth-order valence-corrected chi connectivity index (χ4v) is 2.68. The summed E-state index contributed by atoms with van der Waals surface area (Å²) >= 11 is 0. The van der Waals surface area contributed by atoms with E-state index < -0.39 is 5.91 Å². The van der Waals surface area contributed by atoms with E-state index in [0.29, 0.717) is 11.1 Å². The lowest BCUT2D eigenvalue weighted by molar-refractivity contribution is -0.120. The highest BCUT2D eigenvalue weighted by atomic mass is 16.3. The zero-order valence-corrected chi connectivity index (χ0v) is 14.8. The first-order valence-electron chi connectivity index (χ1n) is 8.42. The number of nitrogens with zero attached hydrogens (tertiary/aromatic N) is 1. The molecule has 27 heavy (non-hydrogen) atoms. The van der Waals surface area contributed by atoms with Crippen molar-refractivity contribution in [2.75, 3.05) is 6.54 Å². The maximum absolute atomic E-state index is 12.0. The summed E-state index contributed by atoms with van der Waals surface area (Å²) in [4.78, 5) is 23.9. The summed E-state index contributed by atoms with van der Waals surface area (Å²) < 4.78 is 0. The first kappa shape index (κ1) is 18.1. The van der Waals surface area contributed by atoms with Crippen molar-refractivity contribution in [1.82, 2.24) is 10.7 Å². The molecule has 0 saturated heterocycles. The molecule has 0 aliphatic heterocycles. The topological polar surface area (TPSA) is 90.8 Å². The molecule has 0 spiro atoms. The molecule has 0 atom stereocenters. The van der Waals surface area contributed by atoms with Crippen LogP contribution in [0, 0.1) is 6.92 Å². The van der Waals surface area contributed by atoms with E-state index in [0.717, 1.165) is 16.3 Å². The van der Waals surface area contributed by atoms with Crippen LogP contribution in [0.15, 0.2) is 65.8 Å². The lowest BCUT2D eigenvalue weighted by atomic mass is 10.0. The Kier molecular flexibility index (Phi) is 5.47. The lowest BCUT2D eigenvalue weighted by Gasteiger charge is -2.06. The Morgan fingerprint density at radius 3 is 2.70 bits per heavy atom. The molecule has 0 aliphatic carbocycles. The van der Waals surface area contributed by atoms with E-state index >= 15 is 0 Å². The number of rotatable bonds is 5. The van der Waals surface area contributed by atoms with Crippen LogP contribution >= 0.6 is 0 Å². The second-order valence-corrected chi connectivity index (χ2v) is 6.06. The highest BCUT2D eigenvalue weighted by Gasteiger charge is 2.08. The van der Waals surface area contributed by atoms with Gasteiger partial charge in [-0.05, 0) is 35.9 Å². The molecule has 0 aromatic heterocycles. The number of hydrogen-bond acceptors (Lipinski definition) is 4. The maximum atomic E-state index is 12.0. The minimum atomic E-state index is -0.466. The maximum Gasteiger partial charge on any atom is 0.259 e. The molecule has 0 bridgehead atoms. The summed E-state index contributed by atoms with van der Waals surface area (Å²) in [6, 6.07) is 18.0. The number of fused-ring (bicyclic) bond motifs is 1. The molecule has 0 unspecified atom stereocenters. The molecule has 0 radical (unpaired) electrons. The average molecular weight is 361 g/mol. The number of hydrazone groups is 1. The van der Waals surface area contributed by atoms with Crippen molar-refractivity contribution in [1.29, 1.82) is 0 Å². The van der Waals surface area contributed by atoms with Gasteiger partial charge in [-0.1, -0.05) is 48.0 Å². The van der Waals surface area contributed by atoms with Crippen LogP contribution in [-0.2, 0) is 4.79 Å². The Balaban J connectivity index is 1.60. The standard InChI is InChI=1S/C21H19N3O3/c1-14-5-4-7-16(11-14)21(27)22-13-20(26)24-23-12-18-17-8-3-2-6-15(17)9-10-19(18)25/h2-12,25H,13H2,1H3,(H,22,27)(H,24,26). The number of phenols is 1. The number of amides is 2. The number of phenolic OH excluding ortho intramolecular Hbond substituents is 1. The summed E-state index contributed by atoms with van der Waals surface area (Å²) in [5.74, 6) is -0.726. The van der Waals surface area contributed by atoms with Crippen LogP contribution in [0.3, 0.4) is 0 Å². The van der Waals surface area contributed by atoms with Crippen LogP contribution in [0.4, 0.5) is 0 Å². The summed E-state index contributed by atoms with van der Waals surface area (Å²) in [7, 11) is 0. The van der Waals surface area contributed by atoms with Crippen LogP contribution in [0.1, 0.15) is 21.5 Å². The van der Waals surface area contributed by atoms with E-state index in [1.807, 2.05) is 37.3 Å². The molecular formula is C21H19N3O3. The van der Waals surface area contributed by atoms with E-state index in [1.54, 1.807) is 30.3 Å². The average Bonchev–Trinajstić information content (AvgIpc) is 2.68. The number of nitrogens with one attached hydrogen (secondary N) is 2. The van der Waals surface area contributed by atoms with Crippen LogP contribution in [0.2, 0.25) is 0 Å². The fourth-order valence-electron chi connectivity index (χ4n) is 2.68. The smallest absolute Gasteiger partial charge is 0.259 e. The van der Waals surface area contributed by atoms with Crippen LogP contribution in [0.25, 0.3) is 10.8 Å². The summed E-state index contributed by atoms with van der Waals surface area (Å²) in [6.07, 6.45) is 1.39. The zero-order chi connectivity index (χ0) is 19.2. The summed E-state index contributed by atoms with van der Waals surface area (Å²) in [6.45, 7) is 1.69. The third-order valence-corrected chi connectivity index (χ3v) is 4.02. The van der Waals surface area contributed by atoms with E-state index in [9.17, 15) is 14.7 Å². The number of carbonyl (C=O) groups excluding carboxylic acids is 2. The minimum absolute atomic E-state index is 0.0689. The highest BCUT2D eigenvalue weighted by molar-refractivity contribution is 6.02. The predicted molar refractivity (Wildman–Crippen MR) is 105 cm³/mol. The molecule has 3 N–H and O–H groups in total. The van der Waals surface area contributed by atoms with Crippen LogP contribution in [0.5, 0.6) is 5.75 Å². The Hall–Kier alpha value is -3.67. The van der Waals surface area contributed by atoms with Gasteiger partial charge in [-0.15, -0.1) is 0 Å². The third kappa shape index (κ3) is 4.49. The van der Waals surface area contributed by atoms with Crippen molar-refractivity contribution in [2.45, 2.75) is 6.92 Å². The van der Waals surface area contributed by atoms with Crippen molar-refractivity contribution in [3.8, 4) is 5.75 Å². The Labute approximate surface area is 156 Å². The first-order valence-corrected chi connectivity index (χ1v) is 8.42. The van der Waals surface area contributed by atoms with Crippen molar-refractivity contribution >= 4 is 28.8 Å². The SMILES string of the molecule is Cc1cccc(C(=O)NCC(=O)NN=Cc2c(O)ccc3ccccc23)c1. The number of hydrogen-bond donors (Lipinski definition) is 3. The summed E-state index contributed by atoms with van der Waals surface area (Å²) in [5.41, 5.74) is 4.31. The van der Waals surface area contributed by atoms with Crippen LogP contribution in [-0.4, -0.2) is 29.7 Å². The Morgan fingerprint density at radius 1 is 1.07 bits per heavy atom. The van der Waals surface area contributed by atoms with Gasteiger partial charge in [0.1, 0.15) is 5.75 Å². The molecule has 0 aliphatic rings. The van der Waals surface area contributed by atoms with Crippen molar-refractivity contribution in [3.63, 3.8) is 0 Å².